The molecule has 0 amide bonds. The molecule has 4 nitrogen and oxygen atoms in total. The summed E-state index contributed by atoms with van der Waals surface area (Å²) in [5.74, 6) is 4.74. The summed E-state index contributed by atoms with van der Waals surface area (Å²) in [6.45, 7) is -0.486. The van der Waals surface area contributed by atoms with Gasteiger partial charge < -0.3 is 9.47 Å². The summed E-state index contributed by atoms with van der Waals surface area (Å²) in [5, 5.41) is 0. The van der Waals surface area contributed by atoms with Gasteiger partial charge in [-0.05, 0) is 30.2 Å². The number of Topliss-reactive ketones (excluding diaryl/α,β-unsaturated/α-hetero) is 1. The van der Waals surface area contributed by atoms with Crippen LogP contribution in [0.25, 0.3) is 0 Å². The summed E-state index contributed by atoms with van der Waals surface area (Å²) in [5.41, 5.74) is 0.813. The number of benzene rings is 2. The van der Waals surface area contributed by atoms with E-state index in [2.05, 4.69) is 16.6 Å². The largest absolute Gasteiger partial charge is 0.514 e. The first-order chi connectivity index (χ1) is 11.8. The van der Waals surface area contributed by atoms with E-state index in [-0.39, 0.29) is 11.3 Å². The molecule has 0 fully saturated rings. The molecule has 7 heteroatoms. The van der Waals surface area contributed by atoms with Crippen LogP contribution in [-0.2, 0) is 4.74 Å². The van der Waals surface area contributed by atoms with Gasteiger partial charge in [-0.2, -0.15) is 0 Å². The van der Waals surface area contributed by atoms with Crippen molar-refractivity contribution in [3.63, 3.8) is 0 Å². The van der Waals surface area contributed by atoms with Crippen molar-refractivity contribution in [3.8, 4) is 17.6 Å². The summed E-state index contributed by atoms with van der Waals surface area (Å²) in [6.07, 6.45) is -1.09. The second kappa shape index (κ2) is 8.77. The Morgan fingerprint density at radius 2 is 1.60 bits per heavy atom. The van der Waals surface area contributed by atoms with E-state index in [0.29, 0.717) is 5.56 Å². The summed E-state index contributed by atoms with van der Waals surface area (Å²) < 4.78 is 7.90. The van der Waals surface area contributed by atoms with Crippen molar-refractivity contribution in [1.82, 2.24) is 0 Å². The van der Waals surface area contributed by atoms with Gasteiger partial charge in [0, 0.05) is 5.56 Å². The fourth-order valence-corrected chi connectivity index (χ4v) is 1.88. The van der Waals surface area contributed by atoms with Crippen molar-refractivity contribution in [3.05, 3.63) is 65.7 Å². The van der Waals surface area contributed by atoms with Crippen LogP contribution >= 0.6 is 34.8 Å². The van der Waals surface area contributed by atoms with Gasteiger partial charge in [-0.3, -0.25) is 4.79 Å². The molecule has 0 aromatic heterocycles. The van der Waals surface area contributed by atoms with Crippen LogP contribution in [0.2, 0.25) is 0 Å². The Morgan fingerprint density at radius 1 is 0.960 bits per heavy atom. The van der Waals surface area contributed by atoms with Gasteiger partial charge in [-0.15, -0.1) is 0 Å². The van der Waals surface area contributed by atoms with Crippen LogP contribution in [0.3, 0.4) is 0 Å². The average molecular weight is 398 g/mol. The molecule has 0 saturated heterocycles. The number of hydrogen-bond donors (Lipinski definition) is 0. The van der Waals surface area contributed by atoms with Crippen molar-refractivity contribution < 1.29 is 19.1 Å². The van der Waals surface area contributed by atoms with Gasteiger partial charge >= 0.3 is 6.16 Å². The van der Waals surface area contributed by atoms with Crippen LogP contribution < -0.4 is 4.74 Å². The molecule has 0 aliphatic heterocycles. The highest BCUT2D eigenvalue weighted by molar-refractivity contribution is 6.67. The van der Waals surface area contributed by atoms with Crippen LogP contribution in [0, 0.1) is 11.8 Å². The van der Waals surface area contributed by atoms with E-state index in [4.69, 9.17) is 39.5 Å². The number of carbonyl (C=O) groups excluding carboxylic acids is 2. The van der Waals surface area contributed by atoms with E-state index in [0.717, 1.165) is 0 Å². The number of halogens is 3. The Bertz CT molecular complexity index is 817. The highest BCUT2D eigenvalue weighted by atomic mass is 35.6. The molecule has 2 aromatic carbocycles. The molecule has 0 unspecified atom stereocenters. The quantitative estimate of drug-likeness (QED) is 0.245. The maximum atomic E-state index is 12.3. The molecule has 2 rings (SSSR count). The SMILES string of the molecule is O=C(OCC(Cl)(Cl)Cl)Oc1ccccc1C(=O)C#Cc1ccccc1. The number of para-hydroxylation sites is 1. The Labute approximate surface area is 159 Å². The fraction of sp³-hybridized carbons (Fsp3) is 0.111. The standard InChI is InChI=1S/C18H11Cl3O4/c19-18(20,21)12-24-17(23)25-16-9-5-4-8-14(16)15(22)11-10-13-6-2-1-3-7-13/h1-9H,12H2. The molecule has 0 saturated carbocycles. The van der Waals surface area contributed by atoms with Crippen molar-refractivity contribution in [2.45, 2.75) is 3.79 Å². The van der Waals surface area contributed by atoms with Crippen LogP contribution in [0.15, 0.2) is 54.6 Å². The lowest BCUT2D eigenvalue weighted by atomic mass is 10.1. The number of alkyl halides is 3. The smallest absolute Gasteiger partial charge is 0.429 e. The van der Waals surface area contributed by atoms with E-state index in [9.17, 15) is 9.59 Å². The topological polar surface area (TPSA) is 52.6 Å². The third kappa shape index (κ3) is 6.67. The Kier molecular flexibility index (Phi) is 6.72. The minimum absolute atomic E-state index is 0.00387. The van der Waals surface area contributed by atoms with Gasteiger partial charge in [0.05, 0.1) is 5.56 Å². The zero-order chi connectivity index (χ0) is 18.3. The minimum Gasteiger partial charge on any atom is -0.429 e. The summed E-state index contributed by atoms with van der Waals surface area (Å²) >= 11 is 16.5. The molecular weight excluding hydrogens is 387 g/mol. The van der Waals surface area contributed by atoms with Crippen LogP contribution in [0.1, 0.15) is 15.9 Å². The maximum Gasteiger partial charge on any atom is 0.514 e. The predicted octanol–water partition coefficient (Wildman–Crippen LogP) is 4.81. The molecule has 0 atom stereocenters. The Morgan fingerprint density at radius 3 is 2.28 bits per heavy atom. The second-order valence-electron chi connectivity index (χ2n) is 4.70. The number of ketones is 1. The number of carbonyl (C=O) groups is 2. The van der Waals surface area contributed by atoms with Crippen LogP contribution in [-0.4, -0.2) is 22.3 Å². The monoisotopic (exact) mass is 396 g/mol. The van der Waals surface area contributed by atoms with E-state index in [1.54, 1.807) is 24.3 Å². The normalized spacial score (nSPS) is 10.4. The molecule has 0 radical (unpaired) electrons. The van der Waals surface area contributed by atoms with Gasteiger partial charge in [-0.25, -0.2) is 4.79 Å². The first kappa shape index (κ1) is 19.1. The molecule has 0 N–H and O–H groups in total. The number of hydrogen-bond acceptors (Lipinski definition) is 4. The lowest BCUT2D eigenvalue weighted by molar-refractivity contribution is 0.0988. The fourth-order valence-electron chi connectivity index (χ4n) is 1.72. The summed E-state index contributed by atoms with van der Waals surface area (Å²) in [4.78, 5) is 23.9. The zero-order valence-corrected chi connectivity index (χ0v) is 14.9. The van der Waals surface area contributed by atoms with Gasteiger partial charge in [0.2, 0.25) is 9.58 Å². The minimum atomic E-state index is -1.75. The van der Waals surface area contributed by atoms with Gasteiger partial charge in [0.15, 0.2) is 0 Å². The first-order valence-corrected chi connectivity index (χ1v) is 8.10. The Hall–Kier alpha value is -2.19. The zero-order valence-electron chi connectivity index (χ0n) is 12.7. The molecule has 0 heterocycles. The van der Waals surface area contributed by atoms with E-state index < -0.39 is 22.3 Å². The highest BCUT2D eigenvalue weighted by Gasteiger charge is 2.23. The molecule has 128 valence electrons. The van der Waals surface area contributed by atoms with Gasteiger partial charge in [0.1, 0.15) is 12.4 Å². The Balaban J connectivity index is 2.11. The summed E-state index contributed by atoms with van der Waals surface area (Å²) in [6, 6.07) is 15.2. The van der Waals surface area contributed by atoms with Crippen LogP contribution in [0.5, 0.6) is 5.75 Å². The van der Waals surface area contributed by atoms with Crippen molar-refractivity contribution >= 4 is 46.7 Å². The lowest BCUT2D eigenvalue weighted by Gasteiger charge is -2.12. The molecule has 2 aromatic rings. The molecule has 0 aliphatic rings. The molecule has 0 spiro atoms. The number of rotatable bonds is 3. The second-order valence-corrected chi connectivity index (χ2v) is 7.21. The molecule has 0 aliphatic carbocycles. The lowest BCUT2D eigenvalue weighted by Crippen LogP contribution is -2.20. The predicted molar refractivity (Wildman–Crippen MR) is 96.4 cm³/mol. The van der Waals surface area contributed by atoms with Crippen molar-refractivity contribution in [1.29, 1.82) is 0 Å². The van der Waals surface area contributed by atoms with E-state index >= 15 is 0 Å². The molecular formula is C18H11Cl3O4. The third-order valence-electron chi connectivity index (χ3n) is 2.77. The van der Waals surface area contributed by atoms with E-state index in [1.807, 2.05) is 18.2 Å². The van der Waals surface area contributed by atoms with Crippen molar-refractivity contribution in [2.75, 3.05) is 6.61 Å². The van der Waals surface area contributed by atoms with E-state index in [1.165, 1.54) is 12.1 Å². The van der Waals surface area contributed by atoms with Gasteiger partial charge in [-0.1, -0.05) is 71.1 Å². The third-order valence-corrected chi connectivity index (χ3v) is 3.10. The highest BCUT2D eigenvalue weighted by Crippen LogP contribution is 2.26. The average Bonchev–Trinajstić information content (AvgIpc) is 2.59. The van der Waals surface area contributed by atoms with Crippen molar-refractivity contribution in [2.24, 2.45) is 0 Å². The summed E-state index contributed by atoms with van der Waals surface area (Å²) in [7, 11) is 0. The first-order valence-electron chi connectivity index (χ1n) is 6.97. The molecule has 25 heavy (non-hydrogen) atoms. The maximum absolute atomic E-state index is 12.3. The van der Waals surface area contributed by atoms with Gasteiger partial charge in [0.25, 0.3) is 0 Å². The number of ether oxygens (including phenoxy) is 2. The molecule has 0 bridgehead atoms. The van der Waals surface area contributed by atoms with Crippen LogP contribution in [0.4, 0.5) is 4.79 Å².